The lowest BCUT2D eigenvalue weighted by atomic mass is 10.1. The van der Waals surface area contributed by atoms with E-state index in [0.717, 1.165) is 16.8 Å². The summed E-state index contributed by atoms with van der Waals surface area (Å²) < 4.78 is 0. The van der Waals surface area contributed by atoms with Crippen molar-refractivity contribution < 1.29 is 0 Å². The van der Waals surface area contributed by atoms with Gasteiger partial charge in [0.2, 0.25) is 0 Å². The third-order valence-electron chi connectivity index (χ3n) is 1.88. The zero-order chi connectivity index (χ0) is 9.10. The molecule has 0 aliphatic heterocycles. The van der Waals surface area contributed by atoms with E-state index in [0.29, 0.717) is 0 Å². The van der Waals surface area contributed by atoms with Gasteiger partial charge in [0.1, 0.15) is 0 Å². The van der Waals surface area contributed by atoms with Crippen molar-refractivity contribution >= 4 is 5.69 Å². The van der Waals surface area contributed by atoms with Crippen LogP contribution in [0.3, 0.4) is 0 Å². The molecule has 1 aromatic carbocycles. The molecular weight excluding hydrogens is 164 g/mol. The van der Waals surface area contributed by atoms with Crippen LogP contribution in [0, 0.1) is 0 Å². The Hall–Kier alpha value is -1.81. The Bertz CT molecular complexity index is 363. The van der Waals surface area contributed by atoms with Gasteiger partial charge in [-0.05, 0) is 17.7 Å². The number of hydrogen-bond acceptors (Lipinski definition) is 3. The molecule has 0 aliphatic rings. The summed E-state index contributed by atoms with van der Waals surface area (Å²) in [6.07, 6.45) is 3.63. The molecule has 0 radical (unpaired) electrons. The summed E-state index contributed by atoms with van der Waals surface area (Å²) in [7, 11) is 0. The molecule has 2 rings (SSSR count). The number of nitrogens with zero attached hydrogens (tertiary/aromatic N) is 1. The summed E-state index contributed by atoms with van der Waals surface area (Å²) in [5.41, 5.74) is 5.66. The van der Waals surface area contributed by atoms with Crippen LogP contribution in [0.25, 0.3) is 11.1 Å². The smallest absolute Gasteiger partial charge is 0.0565 e. The molecule has 0 fully saturated rings. The quantitative estimate of drug-likeness (QED) is 0.475. The zero-order valence-electron chi connectivity index (χ0n) is 6.99. The molecule has 1 aromatic heterocycles. The number of rotatable bonds is 2. The number of aromatic nitrogens is 2. The molecule has 4 nitrogen and oxygen atoms in total. The SMILES string of the molecule is NNc1ccc(-c2cn[nH]c2)cc1. The highest BCUT2D eigenvalue weighted by molar-refractivity contribution is 5.64. The van der Waals surface area contributed by atoms with Crippen LogP contribution in [0.1, 0.15) is 0 Å². The lowest BCUT2D eigenvalue weighted by Crippen LogP contribution is -2.05. The number of H-pyrrole nitrogens is 1. The van der Waals surface area contributed by atoms with Crippen molar-refractivity contribution in [2.75, 3.05) is 5.43 Å². The Morgan fingerprint density at radius 1 is 1.15 bits per heavy atom. The number of benzene rings is 1. The van der Waals surface area contributed by atoms with E-state index >= 15 is 0 Å². The van der Waals surface area contributed by atoms with E-state index in [-0.39, 0.29) is 0 Å². The predicted molar refractivity (Wildman–Crippen MR) is 51.8 cm³/mol. The lowest BCUT2D eigenvalue weighted by Gasteiger charge is -2.00. The van der Waals surface area contributed by atoms with E-state index in [1.807, 2.05) is 30.5 Å². The van der Waals surface area contributed by atoms with Crippen LogP contribution in [0.15, 0.2) is 36.7 Å². The number of hydrazine groups is 1. The number of hydrogen-bond donors (Lipinski definition) is 3. The third-order valence-corrected chi connectivity index (χ3v) is 1.88. The Morgan fingerprint density at radius 2 is 1.92 bits per heavy atom. The molecular formula is C9H10N4. The first-order valence-corrected chi connectivity index (χ1v) is 3.96. The van der Waals surface area contributed by atoms with Crippen LogP contribution in [-0.2, 0) is 0 Å². The molecule has 1 heterocycles. The lowest BCUT2D eigenvalue weighted by molar-refractivity contribution is 1.09. The molecule has 0 atom stereocenters. The average molecular weight is 174 g/mol. The first kappa shape index (κ1) is 7.82. The normalized spacial score (nSPS) is 9.92. The van der Waals surface area contributed by atoms with Gasteiger partial charge in [-0.1, -0.05) is 12.1 Å². The summed E-state index contributed by atoms with van der Waals surface area (Å²) in [4.78, 5) is 0. The molecule has 2 aromatic rings. The van der Waals surface area contributed by atoms with E-state index in [9.17, 15) is 0 Å². The first-order chi connectivity index (χ1) is 6.40. The van der Waals surface area contributed by atoms with Crippen molar-refractivity contribution in [3.63, 3.8) is 0 Å². The van der Waals surface area contributed by atoms with Gasteiger partial charge in [0.25, 0.3) is 0 Å². The highest BCUT2D eigenvalue weighted by Gasteiger charge is 1.97. The van der Waals surface area contributed by atoms with Crippen LogP contribution < -0.4 is 11.3 Å². The second kappa shape index (κ2) is 3.28. The fourth-order valence-electron chi connectivity index (χ4n) is 1.17. The fraction of sp³-hybridized carbons (Fsp3) is 0. The summed E-state index contributed by atoms with van der Waals surface area (Å²) in [6, 6.07) is 7.81. The molecule has 0 aliphatic carbocycles. The largest absolute Gasteiger partial charge is 0.324 e. The van der Waals surface area contributed by atoms with Gasteiger partial charge in [0.15, 0.2) is 0 Å². The van der Waals surface area contributed by atoms with Crippen molar-refractivity contribution in [1.82, 2.24) is 10.2 Å². The topological polar surface area (TPSA) is 66.7 Å². The second-order valence-electron chi connectivity index (χ2n) is 2.71. The van der Waals surface area contributed by atoms with Crippen LogP contribution in [0.2, 0.25) is 0 Å². The van der Waals surface area contributed by atoms with Gasteiger partial charge >= 0.3 is 0 Å². The number of anilines is 1. The Morgan fingerprint density at radius 3 is 2.46 bits per heavy atom. The minimum absolute atomic E-state index is 0.896. The highest BCUT2D eigenvalue weighted by Crippen LogP contribution is 2.19. The minimum Gasteiger partial charge on any atom is -0.324 e. The molecule has 0 saturated heterocycles. The van der Waals surface area contributed by atoms with Gasteiger partial charge in [0.05, 0.1) is 6.20 Å². The fourth-order valence-corrected chi connectivity index (χ4v) is 1.17. The standard InChI is InChI=1S/C9H10N4/c10-13-9-3-1-7(2-4-9)8-5-11-12-6-8/h1-6,13H,10H2,(H,11,12). The Labute approximate surface area is 75.7 Å². The van der Waals surface area contributed by atoms with Gasteiger partial charge in [-0.3, -0.25) is 10.9 Å². The number of nitrogen functional groups attached to an aromatic ring is 1. The van der Waals surface area contributed by atoms with Gasteiger partial charge in [-0.25, -0.2) is 0 Å². The molecule has 0 saturated carbocycles. The molecule has 13 heavy (non-hydrogen) atoms. The van der Waals surface area contributed by atoms with E-state index in [4.69, 9.17) is 5.84 Å². The average Bonchev–Trinajstić information content (AvgIpc) is 2.71. The third kappa shape index (κ3) is 1.52. The summed E-state index contributed by atoms with van der Waals surface area (Å²) in [6.45, 7) is 0. The van der Waals surface area contributed by atoms with Crippen LogP contribution in [-0.4, -0.2) is 10.2 Å². The van der Waals surface area contributed by atoms with Crippen LogP contribution >= 0.6 is 0 Å². The molecule has 0 bridgehead atoms. The molecule has 4 heteroatoms. The Kier molecular flexibility index (Phi) is 1.97. The molecule has 66 valence electrons. The summed E-state index contributed by atoms with van der Waals surface area (Å²) in [5.74, 6) is 5.25. The molecule has 0 unspecified atom stereocenters. The number of nitrogens with two attached hydrogens (primary N) is 1. The van der Waals surface area contributed by atoms with Crippen molar-refractivity contribution in [3.05, 3.63) is 36.7 Å². The maximum absolute atomic E-state index is 5.25. The van der Waals surface area contributed by atoms with Crippen molar-refractivity contribution in [2.45, 2.75) is 0 Å². The molecule has 0 amide bonds. The predicted octanol–water partition coefficient (Wildman–Crippen LogP) is 1.36. The Balaban J connectivity index is 2.33. The van der Waals surface area contributed by atoms with Gasteiger partial charge in [-0.15, -0.1) is 0 Å². The van der Waals surface area contributed by atoms with E-state index < -0.39 is 0 Å². The maximum Gasteiger partial charge on any atom is 0.0565 e. The minimum atomic E-state index is 0.896. The van der Waals surface area contributed by atoms with Crippen molar-refractivity contribution in [3.8, 4) is 11.1 Å². The second-order valence-corrected chi connectivity index (χ2v) is 2.71. The van der Waals surface area contributed by atoms with Gasteiger partial charge in [-0.2, -0.15) is 5.10 Å². The van der Waals surface area contributed by atoms with Crippen molar-refractivity contribution in [2.24, 2.45) is 5.84 Å². The highest BCUT2D eigenvalue weighted by atomic mass is 15.2. The van der Waals surface area contributed by atoms with Gasteiger partial charge < -0.3 is 5.43 Å². The monoisotopic (exact) mass is 174 g/mol. The molecule has 4 N–H and O–H groups in total. The maximum atomic E-state index is 5.25. The van der Waals surface area contributed by atoms with Crippen molar-refractivity contribution in [1.29, 1.82) is 0 Å². The van der Waals surface area contributed by atoms with Gasteiger partial charge in [0, 0.05) is 17.4 Å². The number of aromatic amines is 1. The first-order valence-electron chi connectivity index (χ1n) is 3.96. The molecule has 0 spiro atoms. The van der Waals surface area contributed by atoms with Crippen LogP contribution in [0.4, 0.5) is 5.69 Å². The van der Waals surface area contributed by atoms with E-state index in [2.05, 4.69) is 15.6 Å². The summed E-state index contributed by atoms with van der Waals surface area (Å²) in [5, 5.41) is 6.64. The zero-order valence-corrected chi connectivity index (χ0v) is 6.99. The summed E-state index contributed by atoms with van der Waals surface area (Å²) >= 11 is 0. The van der Waals surface area contributed by atoms with E-state index in [1.54, 1.807) is 6.20 Å². The van der Waals surface area contributed by atoms with E-state index in [1.165, 1.54) is 0 Å². The van der Waals surface area contributed by atoms with Crippen LogP contribution in [0.5, 0.6) is 0 Å². The number of nitrogens with one attached hydrogen (secondary N) is 2.